The van der Waals surface area contributed by atoms with E-state index < -0.39 is 0 Å². The average molecular weight is 235 g/mol. The molecule has 0 saturated heterocycles. The van der Waals surface area contributed by atoms with Crippen LogP contribution in [-0.4, -0.2) is 30.3 Å². The summed E-state index contributed by atoms with van der Waals surface area (Å²) in [6, 6.07) is 6.55. The van der Waals surface area contributed by atoms with E-state index in [0.29, 0.717) is 17.9 Å². The second kappa shape index (κ2) is 6.70. The number of aliphatic hydroxyl groups excluding tert-OH is 1. The summed E-state index contributed by atoms with van der Waals surface area (Å²) >= 11 is 0. The zero-order valence-corrected chi connectivity index (χ0v) is 9.85. The lowest BCUT2D eigenvalue weighted by Gasteiger charge is -2.11. The van der Waals surface area contributed by atoms with Crippen molar-refractivity contribution in [3.63, 3.8) is 0 Å². The Balaban J connectivity index is 2.60. The average Bonchev–Trinajstić information content (AvgIpc) is 2.36. The maximum Gasteiger partial charge on any atom is 0.251 e. The molecule has 0 aliphatic carbocycles. The van der Waals surface area contributed by atoms with E-state index in [1.165, 1.54) is 0 Å². The summed E-state index contributed by atoms with van der Waals surface area (Å²) < 4.78 is 5.30. The molecule has 1 aromatic rings. The van der Waals surface area contributed by atoms with E-state index >= 15 is 0 Å². The van der Waals surface area contributed by atoms with Crippen molar-refractivity contribution in [1.82, 2.24) is 5.32 Å². The molecule has 2 N–H and O–H groups in total. The second-order valence-corrected chi connectivity index (χ2v) is 3.68. The van der Waals surface area contributed by atoms with Crippen molar-refractivity contribution >= 4 is 5.91 Å². The molecule has 1 rings (SSSR count). The lowest BCUT2D eigenvalue weighted by Crippen LogP contribution is -2.34. The topological polar surface area (TPSA) is 58.6 Å². The minimum Gasteiger partial charge on any atom is -0.490 e. The standard InChI is InChI=1S/C13H17NO3/c1-3-8-17-12-6-4-11(5-7-12)13(16)14-10(2)9-15/h3-7,10,15H,1,8-9H2,2H3,(H,14,16)/t10-/m1/s1. The van der Waals surface area contributed by atoms with E-state index in [0.717, 1.165) is 0 Å². The molecular weight excluding hydrogens is 218 g/mol. The van der Waals surface area contributed by atoms with Crippen LogP contribution in [-0.2, 0) is 0 Å². The van der Waals surface area contributed by atoms with Crippen LogP contribution in [0.5, 0.6) is 5.75 Å². The highest BCUT2D eigenvalue weighted by Crippen LogP contribution is 2.12. The normalized spacial score (nSPS) is 11.6. The number of amides is 1. The first-order chi connectivity index (χ1) is 8.17. The molecule has 17 heavy (non-hydrogen) atoms. The number of hydrogen-bond donors (Lipinski definition) is 2. The molecule has 1 atom stereocenters. The molecule has 4 heteroatoms. The Kier molecular flexibility index (Phi) is 5.23. The van der Waals surface area contributed by atoms with Crippen LogP contribution in [0, 0.1) is 0 Å². The molecule has 1 amide bonds. The predicted octanol–water partition coefficient (Wildman–Crippen LogP) is 1.36. The number of carbonyl (C=O) groups is 1. The fourth-order valence-corrected chi connectivity index (χ4v) is 1.21. The zero-order valence-electron chi connectivity index (χ0n) is 9.85. The molecule has 0 heterocycles. The van der Waals surface area contributed by atoms with Gasteiger partial charge in [-0.3, -0.25) is 4.79 Å². The van der Waals surface area contributed by atoms with Gasteiger partial charge in [0.05, 0.1) is 6.61 Å². The van der Waals surface area contributed by atoms with Gasteiger partial charge in [0, 0.05) is 11.6 Å². The lowest BCUT2D eigenvalue weighted by atomic mass is 10.2. The Morgan fingerprint density at radius 2 is 2.18 bits per heavy atom. The van der Waals surface area contributed by atoms with Gasteiger partial charge < -0.3 is 15.2 Å². The predicted molar refractivity (Wildman–Crippen MR) is 66.1 cm³/mol. The van der Waals surface area contributed by atoms with Crippen molar-refractivity contribution in [3.8, 4) is 5.75 Å². The third kappa shape index (κ3) is 4.28. The highest BCUT2D eigenvalue weighted by atomic mass is 16.5. The SMILES string of the molecule is C=CCOc1ccc(C(=O)N[C@H](C)CO)cc1. The van der Waals surface area contributed by atoms with Gasteiger partial charge in [0.1, 0.15) is 12.4 Å². The first kappa shape index (κ1) is 13.3. The minimum atomic E-state index is -0.251. The van der Waals surface area contributed by atoms with E-state index in [9.17, 15) is 4.79 Å². The van der Waals surface area contributed by atoms with Crippen molar-refractivity contribution in [3.05, 3.63) is 42.5 Å². The number of aliphatic hydroxyl groups is 1. The number of hydrogen-bond acceptors (Lipinski definition) is 3. The molecule has 92 valence electrons. The first-order valence-electron chi connectivity index (χ1n) is 5.43. The number of benzene rings is 1. The van der Waals surface area contributed by atoms with Crippen molar-refractivity contribution in [2.75, 3.05) is 13.2 Å². The van der Waals surface area contributed by atoms with E-state index in [4.69, 9.17) is 9.84 Å². The monoisotopic (exact) mass is 235 g/mol. The number of nitrogens with one attached hydrogen (secondary N) is 1. The van der Waals surface area contributed by atoms with Crippen LogP contribution in [0.3, 0.4) is 0 Å². The lowest BCUT2D eigenvalue weighted by molar-refractivity contribution is 0.0922. The molecule has 4 nitrogen and oxygen atoms in total. The summed E-state index contributed by atoms with van der Waals surface area (Å²) in [5, 5.41) is 11.5. The van der Waals surface area contributed by atoms with Crippen molar-refractivity contribution in [2.45, 2.75) is 13.0 Å². The summed E-state index contributed by atoms with van der Waals surface area (Å²) in [7, 11) is 0. The summed E-state index contributed by atoms with van der Waals surface area (Å²) in [6.45, 7) is 5.65. The zero-order chi connectivity index (χ0) is 12.7. The Bertz CT molecular complexity index is 373. The summed E-state index contributed by atoms with van der Waals surface area (Å²) in [4.78, 5) is 11.7. The van der Waals surface area contributed by atoms with Crippen LogP contribution < -0.4 is 10.1 Å². The van der Waals surface area contributed by atoms with E-state index in [-0.39, 0.29) is 18.6 Å². The largest absolute Gasteiger partial charge is 0.490 e. The van der Waals surface area contributed by atoms with Crippen molar-refractivity contribution in [1.29, 1.82) is 0 Å². The van der Waals surface area contributed by atoms with Crippen LogP contribution in [0.2, 0.25) is 0 Å². The van der Waals surface area contributed by atoms with E-state index in [2.05, 4.69) is 11.9 Å². The van der Waals surface area contributed by atoms with Gasteiger partial charge in [-0.25, -0.2) is 0 Å². The van der Waals surface area contributed by atoms with Crippen molar-refractivity contribution < 1.29 is 14.6 Å². The fraction of sp³-hybridized carbons (Fsp3) is 0.308. The Morgan fingerprint density at radius 3 is 2.71 bits per heavy atom. The van der Waals surface area contributed by atoms with Gasteiger partial charge >= 0.3 is 0 Å². The van der Waals surface area contributed by atoms with E-state index in [1.807, 2.05) is 0 Å². The van der Waals surface area contributed by atoms with Gasteiger partial charge in [0.2, 0.25) is 0 Å². The summed E-state index contributed by atoms with van der Waals surface area (Å²) in [5.74, 6) is 0.485. The van der Waals surface area contributed by atoms with E-state index in [1.54, 1.807) is 37.3 Å². The molecule has 0 radical (unpaired) electrons. The molecule has 0 saturated carbocycles. The van der Waals surface area contributed by atoms with Crippen LogP contribution in [0.15, 0.2) is 36.9 Å². The van der Waals surface area contributed by atoms with Crippen LogP contribution in [0.4, 0.5) is 0 Å². The van der Waals surface area contributed by atoms with Crippen LogP contribution >= 0.6 is 0 Å². The molecule has 0 bridgehead atoms. The van der Waals surface area contributed by atoms with Gasteiger partial charge in [0.15, 0.2) is 0 Å². The second-order valence-electron chi connectivity index (χ2n) is 3.68. The first-order valence-corrected chi connectivity index (χ1v) is 5.43. The van der Waals surface area contributed by atoms with Gasteiger partial charge in [0.25, 0.3) is 5.91 Å². The number of rotatable bonds is 6. The van der Waals surface area contributed by atoms with Gasteiger partial charge in [-0.15, -0.1) is 0 Å². The molecule has 0 aliphatic rings. The Hall–Kier alpha value is -1.81. The fourth-order valence-electron chi connectivity index (χ4n) is 1.21. The third-order valence-electron chi connectivity index (χ3n) is 2.14. The molecule has 0 aromatic heterocycles. The van der Waals surface area contributed by atoms with Crippen molar-refractivity contribution in [2.24, 2.45) is 0 Å². The highest BCUT2D eigenvalue weighted by Gasteiger charge is 2.08. The van der Waals surface area contributed by atoms with Crippen LogP contribution in [0.25, 0.3) is 0 Å². The van der Waals surface area contributed by atoms with Crippen LogP contribution in [0.1, 0.15) is 17.3 Å². The molecule has 0 unspecified atom stereocenters. The third-order valence-corrected chi connectivity index (χ3v) is 2.14. The summed E-state index contributed by atoms with van der Waals surface area (Å²) in [5.41, 5.74) is 0.538. The van der Waals surface area contributed by atoms with Gasteiger partial charge in [-0.2, -0.15) is 0 Å². The number of carbonyl (C=O) groups excluding carboxylic acids is 1. The smallest absolute Gasteiger partial charge is 0.251 e. The molecule has 1 aromatic carbocycles. The van der Waals surface area contributed by atoms with Gasteiger partial charge in [-0.1, -0.05) is 12.7 Å². The summed E-state index contributed by atoms with van der Waals surface area (Å²) in [6.07, 6.45) is 1.66. The maximum atomic E-state index is 11.7. The quantitative estimate of drug-likeness (QED) is 0.732. The molecular formula is C13H17NO3. The van der Waals surface area contributed by atoms with Gasteiger partial charge in [-0.05, 0) is 31.2 Å². The minimum absolute atomic E-state index is 0.0771. The maximum absolute atomic E-state index is 11.7. The molecule has 0 spiro atoms. The Morgan fingerprint density at radius 1 is 1.53 bits per heavy atom. The molecule has 0 aliphatic heterocycles. The number of ether oxygens (including phenoxy) is 1. The Labute approximate surface area is 101 Å². The highest BCUT2D eigenvalue weighted by molar-refractivity contribution is 5.94. The molecule has 0 fully saturated rings.